The third-order valence-corrected chi connectivity index (χ3v) is 0. The summed E-state index contributed by atoms with van der Waals surface area (Å²) < 4.78 is 0. The van der Waals surface area contributed by atoms with Crippen LogP contribution >= 0.6 is 0 Å². The second-order valence-corrected chi connectivity index (χ2v) is 1.04. The average molecular weight is 221 g/mol. The second kappa shape index (κ2) is 16.4. The van der Waals surface area contributed by atoms with Gasteiger partial charge in [0.05, 0.1) is 0 Å². The molecule has 4 nitrogen and oxygen atoms in total. The normalized spacial score (nSPS) is 5.00. The van der Waals surface area contributed by atoms with Gasteiger partial charge >= 0.3 is 37.7 Å². The molecular weight excluding hydrogens is 211 g/mol. The summed E-state index contributed by atoms with van der Waals surface area (Å²) in [4.78, 5) is 18.0. The van der Waals surface area contributed by atoms with E-state index in [0.29, 0.717) is 0 Å². The average Bonchev–Trinajstić information content (AvgIpc) is 1.25. The van der Waals surface area contributed by atoms with Crippen LogP contribution in [-0.2, 0) is 26.1 Å². The van der Waals surface area contributed by atoms with Crippen molar-refractivity contribution in [1.82, 2.24) is 0 Å². The van der Waals surface area contributed by atoms with Crippen molar-refractivity contribution < 1.29 is 36.3 Å². The Kier molecular flexibility index (Phi) is 36.7. The Hall–Kier alpha value is 0.693. The number of hydrogen-bond donors (Lipinski definition) is 2. The zero-order valence-electron chi connectivity index (χ0n) is 5.03. The molecule has 0 saturated carbocycles. The molecule has 0 spiro atoms. The smallest absolute Gasteiger partial charge is 0 e. The molecule has 2 N–H and O–H groups in total. The molecule has 0 heterocycles. The standard InChI is InChI=1S/2C2H4O2.Ca.Ni.2H/c2*1-2(3)4;;;;/h2*1H3,(H,3,4);;;;. The summed E-state index contributed by atoms with van der Waals surface area (Å²) in [5.74, 6) is -1.67. The summed E-state index contributed by atoms with van der Waals surface area (Å²) in [5.41, 5.74) is 0. The molecule has 62 valence electrons. The van der Waals surface area contributed by atoms with Gasteiger partial charge in [-0.15, -0.1) is 0 Å². The molecule has 0 aliphatic carbocycles. The molecule has 0 aliphatic rings. The monoisotopic (exact) mass is 220 g/mol. The maximum absolute atomic E-state index is 9.00. The number of rotatable bonds is 0. The van der Waals surface area contributed by atoms with E-state index >= 15 is 0 Å². The minimum Gasteiger partial charge on any atom is 0 e. The van der Waals surface area contributed by atoms with Gasteiger partial charge in [0.1, 0.15) is 0 Å². The van der Waals surface area contributed by atoms with E-state index in [1.54, 1.807) is 0 Å². The SMILES string of the molecule is CC(=O)O.CC(=O)O.[CaH2].[Ni]. The van der Waals surface area contributed by atoms with E-state index in [1.807, 2.05) is 0 Å². The van der Waals surface area contributed by atoms with Crippen molar-refractivity contribution in [2.45, 2.75) is 13.8 Å². The van der Waals surface area contributed by atoms with Gasteiger partial charge in [0.2, 0.25) is 0 Å². The molecule has 0 radical (unpaired) electrons. The third-order valence-electron chi connectivity index (χ3n) is 0. The van der Waals surface area contributed by atoms with E-state index in [4.69, 9.17) is 19.8 Å². The molecule has 0 aliphatic heterocycles. The molecule has 0 bridgehead atoms. The number of hydrogen-bond acceptors (Lipinski definition) is 2. The van der Waals surface area contributed by atoms with E-state index in [0.717, 1.165) is 13.8 Å². The van der Waals surface area contributed by atoms with Crippen molar-refractivity contribution >= 4 is 49.7 Å². The van der Waals surface area contributed by atoms with Crippen molar-refractivity contribution in [2.75, 3.05) is 0 Å². The number of carboxylic acid groups (broad SMARTS) is 2. The minimum absolute atomic E-state index is 0. The fraction of sp³-hybridized carbons (Fsp3) is 0.500. The first-order valence-electron chi connectivity index (χ1n) is 1.86. The van der Waals surface area contributed by atoms with Crippen LogP contribution in [0.5, 0.6) is 0 Å². The third kappa shape index (κ3) is 1070. The van der Waals surface area contributed by atoms with Gasteiger partial charge in [-0.05, 0) is 0 Å². The molecule has 0 aromatic rings. The fourth-order valence-electron chi connectivity index (χ4n) is 0. The van der Waals surface area contributed by atoms with Crippen molar-refractivity contribution in [3.63, 3.8) is 0 Å². The molecule has 0 atom stereocenters. The van der Waals surface area contributed by atoms with Crippen LogP contribution in [0.15, 0.2) is 0 Å². The molecule has 0 aromatic carbocycles. The first kappa shape index (κ1) is 22.4. The van der Waals surface area contributed by atoms with Gasteiger partial charge in [0.15, 0.2) is 0 Å². The van der Waals surface area contributed by atoms with E-state index in [9.17, 15) is 0 Å². The van der Waals surface area contributed by atoms with Crippen LogP contribution in [0, 0.1) is 0 Å². The summed E-state index contributed by atoms with van der Waals surface area (Å²) in [7, 11) is 0. The van der Waals surface area contributed by atoms with E-state index in [2.05, 4.69) is 0 Å². The number of aliphatic carboxylic acids is 2. The van der Waals surface area contributed by atoms with Gasteiger partial charge in [-0.1, -0.05) is 0 Å². The van der Waals surface area contributed by atoms with Crippen LogP contribution in [0.4, 0.5) is 0 Å². The maximum Gasteiger partial charge on any atom is 0 e. The Labute approximate surface area is 98.9 Å². The Morgan fingerprint density at radius 3 is 1.00 bits per heavy atom. The van der Waals surface area contributed by atoms with Crippen LogP contribution in [0.25, 0.3) is 0 Å². The van der Waals surface area contributed by atoms with Gasteiger partial charge in [0, 0.05) is 30.3 Å². The summed E-state index contributed by atoms with van der Waals surface area (Å²) in [6, 6.07) is 0. The number of carbonyl (C=O) groups is 2. The second-order valence-electron chi connectivity index (χ2n) is 1.04. The van der Waals surface area contributed by atoms with Crippen molar-refractivity contribution in [1.29, 1.82) is 0 Å². The first-order chi connectivity index (χ1) is 3.46. The molecule has 0 fully saturated rings. The summed E-state index contributed by atoms with van der Waals surface area (Å²) in [6.45, 7) is 2.17. The van der Waals surface area contributed by atoms with Crippen LogP contribution in [0.2, 0.25) is 0 Å². The zero-order valence-corrected chi connectivity index (χ0v) is 6.01. The van der Waals surface area contributed by atoms with Crippen molar-refractivity contribution in [3.05, 3.63) is 0 Å². The van der Waals surface area contributed by atoms with Crippen LogP contribution in [0.1, 0.15) is 13.8 Å². The summed E-state index contributed by atoms with van der Waals surface area (Å²) in [5, 5.41) is 14.8. The quantitative estimate of drug-likeness (QED) is 0.528. The molecule has 0 amide bonds. The van der Waals surface area contributed by atoms with Crippen molar-refractivity contribution in [3.8, 4) is 0 Å². The predicted octanol–water partition coefficient (Wildman–Crippen LogP) is -0.737. The summed E-state index contributed by atoms with van der Waals surface area (Å²) in [6.07, 6.45) is 0. The predicted molar refractivity (Wildman–Crippen MR) is 35.2 cm³/mol. The van der Waals surface area contributed by atoms with E-state index in [-0.39, 0.29) is 54.2 Å². The van der Waals surface area contributed by atoms with Crippen molar-refractivity contribution in [2.24, 2.45) is 0 Å². The van der Waals surface area contributed by atoms with Gasteiger partial charge < -0.3 is 10.2 Å². The van der Waals surface area contributed by atoms with E-state index < -0.39 is 11.9 Å². The van der Waals surface area contributed by atoms with Gasteiger partial charge in [-0.25, -0.2) is 0 Å². The van der Waals surface area contributed by atoms with Gasteiger partial charge in [0.25, 0.3) is 11.9 Å². The topological polar surface area (TPSA) is 74.6 Å². The minimum atomic E-state index is -0.833. The first-order valence-corrected chi connectivity index (χ1v) is 1.86. The van der Waals surface area contributed by atoms with Gasteiger partial charge in [-0.2, -0.15) is 0 Å². The Bertz CT molecular complexity index is 75.3. The van der Waals surface area contributed by atoms with Gasteiger partial charge in [-0.3, -0.25) is 9.59 Å². The molecule has 0 saturated heterocycles. The van der Waals surface area contributed by atoms with Crippen LogP contribution in [0.3, 0.4) is 0 Å². The largest absolute Gasteiger partial charge is 0 e. The summed E-state index contributed by atoms with van der Waals surface area (Å²) >= 11 is 0. The Balaban J connectivity index is -0.0000000300. The molecule has 6 heteroatoms. The number of carboxylic acids is 2. The van der Waals surface area contributed by atoms with E-state index in [1.165, 1.54) is 0 Å². The maximum atomic E-state index is 9.00. The Morgan fingerprint density at radius 1 is 1.00 bits per heavy atom. The fourth-order valence-corrected chi connectivity index (χ4v) is 0. The Morgan fingerprint density at radius 2 is 1.00 bits per heavy atom. The zero-order chi connectivity index (χ0) is 7.15. The molecular formula is C4H10CaNiO4. The molecule has 0 aromatic heterocycles. The molecule has 10 heavy (non-hydrogen) atoms. The van der Waals surface area contributed by atoms with Crippen LogP contribution < -0.4 is 0 Å². The molecule has 0 rings (SSSR count). The van der Waals surface area contributed by atoms with Crippen LogP contribution in [-0.4, -0.2) is 59.9 Å². The molecule has 0 unspecified atom stereocenters.